The van der Waals surface area contributed by atoms with Gasteiger partial charge in [0.25, 0.3) is 0 Å². The summed E-state index contributed by atoms with van der Waals surface area (Å²) in [6.45, 7) is 14.8. The third-order valence-electron chi connectivity index (χ3n) is 4.84. The molecule has 1 aromatic heterocycles. The van der Waals surface area contributed by atoms with Gasteiger partial charge in [-0.15, -0.1) is 11.3 Å². The van der Waals surface area contributed by atoms with Gasteiger partial charge in [0, 0.05) is 16.3 Å². The Kier molecular flexibility index (Phi) is 5.48. The van der Waals surface area contributed by atoms with E-state index in [0.717, 1.165) is 18.4 Å². The van der Waals surface area contributed by atoms with Gasteiger partial charge in [-0.2, -0.15) is 0 Å². The molecular weight excluding hydrogens is 276 g/mol. The molecule has 1 saturated carbocycles. The van der Waals surface area contributed by atoms with Gasteiger partial charge in [-0.25, -0.2) is 4.98 Å². The van der Waals surface area contributed by atoms with Crippen LogP contribution in [0.1, 0.15) is 81.9 Å². The molecule has 120 valence electrons. The number of hydrogen-bond acceptors (Lipinski definition) is 3. The van der Waals surface area contributed by atoms with Crippen LogP contribution in [0.15, 0.2) is 0 Å². The van der Waals surface area contributed by atoms with E-state index in [1.807, 2.05) is 11.3 Å². The van der Waals surface area contributed by atoms with E-state index >= 15 is 0 Å². The van der Waals surface area contributed by atoms with Crippen molar-refractivity contribution in [3.05, 3.63) is 15.6 Å². The summed E-state index contributed by atoms with van der Waals surface area (Å²) in [4.78, 5) is 6.21. The van der Waals surface area contributed by atoms with E-state index in [2.05, 4.69) is 46.9 Å². The summed E-state index contributed by atoms with van der Waals surface area (Å²) in [5.74, 6) is 1.74. The van der Waals surface area contributed by atoms with Crippen LogP contribution in [0.4, 0.5) is 0 Å². The molecule has 0 bridgehead atoms. The Labute approximate surface area is 134 Å². The van der Waals surface area contributed by atoms with Gasteiger partial charge in [0.1, 0.15) is 0 Å². The fourth-order valence-corrected chi connectivity index (χ4v) is 4.40. The Morgan fingerprint density at radius 3 is 2.52 bits per heavy atom. The Morgan fingerprint density at radius 1 is 1.29 bits per heavy atom. The highest BCUT2D eigenvalue weighted by Crippen LogP contribution is 2.33. The lowest BCUT2D eigenvalue weighted by atomic mass is 9.80. The molecule has 3 atom stereocenters. The monoisotopic (exact) mass is 308 g/mol. The minimum atomic E-state index is 0.158. The van der Waals surface area contributed by atoms with Crippen LogP contribution in [0.2, 0.25) is 0 Å². The summed E-state index contributed by atoms with van der Waals surface area (Å²) in [7, 11) is 0. The molecule has 1 aromatic rings. The van der Waals surface area contributed by atoms with E-state index in [1.165, 1.54) is 41.3 Å². The largest absolute Gasteiger partial charge is 0.309 e. The van der Waals surface area contributed by atoms with Crippen molar-refractivity contribution in [2.45, 2.75) is 78.7 Å². The Balaban J connectivity index is 1.97. The van der Waals surface area contributed by atoms with Crippen LogP contribution in [-0.2, 0) is 5.41 Å². The number of aromatic nitrogens is 1. The second-order valence-corrected chi connectivity index (χ2v) is 8.90. The highest BCUT2D eigenvalue weighted by Gasteiger charge is 2.24. The molecule has 0 aliphatic heterocycles. The molecule has 0 aromatic carbocycles. The maximum atomic E-state index is 4.79. The highest BCUT2D eigenvalue weighted by atomic mass is 32.1. The molecule has 0 spiro atoms. The molecule has 0 radical (unpaired) electrons. The first kappa shape index (κ1) is 17.0. The standard InChI is InChI=1S/C18H32N2S/c1-12-9-7-8-10-15(12)11-19-13(2)16-14(3)20-17(21-16)18(4,5)6/h12-13,15,19H,7-11H2,1-6H3. The molecular formula is C18H32N2S. The second-order valence-electron chi connectivity index (χ2n) is 7.87. The molecule has 1 fully saturated rings. The third-order valence-corrected chi connectivity index (χ3v) is 6.61. The Bertz CT molecular complexity index is 458. The molecule has 0 saturated heterocycles. The van der Waals surface area contributed by atoms with Crippen LogP contribution in [0.5, 0.6) is 0 Å². The number of aryl methyl sites for hydroxylation is 1. The SMILES string of the molecule is Cc1nc(C(C)(C)C)sc1C(C)NCC1CCCCC1C. The molecule has 3 unspecified atom stereocenters. The highest BCUT2D eigenvalue weighted by molar-refractivity contribution is 7.12. The first-order valence-electron chi connectivity index (χ1n) is 8.50. The van der Waals surface area contributed by atoms with Crippen LogP contribution < -0.4 is 5.32 Å². The molecule has 0 amide bonds. The van der Waals surface area contributed by atoms with Crippen molar-refractivity contribution < 1.29 is 0 Å². The van der Waals surface area contributed by atoms with Crippen molar-refractivity contribution in [2.24, 2.45) is 11.8 Å². The topological polar surface area (TPSA) is 24.9 Å². The van der Waals surface area contributed by atoms with Gasteiger partial charge in [-0.05, 0) is 38.6 Å². The average Bonchev–Trinajstić information content (AvgIpc) is 2.80. The van der Waals surface area contributed by atoms with Crippen LogP contribution in [-0.4, -0.2) is 11.5 Å². The molecule has 1 N–H and O–H groups in total. The zero-order valence-corrected chi connectivity index (χ0v) is 15.4. The van der Waals surface area contributed by atoms with Crippen LogP contribution in [0.3, 0.4) is 0 Å². The lowest BCUT2D eigenvalue weighted by molar-refractivity contribution is 0.242. The molecule has 3 heteroatoms. The van der Waals surface area contributed by atoms with Crippen molar-refractivity contribution >= 4 is 11.3 Å². The fourth-order valence-electron chi connectivity index (χ4n) is 3.25. The minimum absolute atomic E-state index is 0.158. The molecule has 1 aliphatic rings. The zero-order valence-electron chi connectivity index (χ0n) is 14.6. The van der Waals surface area contributed by atoms with Crippen molar-refractivity contribution in [3.63, 3.8) is 0 Å². The van der Waals surface area contributed by atoms with Crippen LogP contribution in [0, 0.1) is 18.8 Å². The molecule has 21 heavy (non-hydrogen) atoms. The third kappa shape index (κ3) is 4.29. The predicted molar refractivity (Wildman–Crippen MR) is 93.1 cm³/mol. The van der Waals surface area contributed by atoms with Crippen molar-refractivity contribution in [3.8, 4) is 0 Å². The number of hydrogen-bond donors (Lipinski definition) is 1. The molecule has 2 rings (SSSR count). The summed E-state index contributed by atoms with van der Waals surface area (Å²) in [6, 6.07) is 0.424. The van der Waals surface area contributed by atoms with Crippen molar-refractivity contribution in [2.75, 3.05) is 6.54 Å². The first-order valence-corrected chi connectivity index (χ1v) is 9.32. The quantitative estimate of drug-likeness (QED) is 0.824. The summed E-state index contributed by atoms with van der Waals surface area (Å²) in [5, 5.41) is 5.03. The van der Waals surface area contributed by atoms with E-state index < -0.39 is 0 Å². The van der Waals surface area contributed by atoms with Gasteiger partial charge < -0.3 is 5.32 Å². The second kappa shape index (κ2) is 6.78. The minimum Gasteiger partial charge on any atom is -0.309 e. The first-order chi connectivity index (χ1) is 9.79. The lowest BCUT2D eigenvalue weighted by Gasteiger charge is -2.30. The van der Waals surface area contributed by atoms with Crippen molar-refractivity contribution in [1.29, 1.82) is 0 Å². The van der Waals surface area contributed by atoms with E-state index in [-0.39, 0.29) is 5.41 Å². The van der Waals surface area contributed by atoms with Crippen LogP contribution in [0.25, 0.3) is 0 Å². The summed E-state index contributed by atoms with van der Waals surface area (Å²) in [6.07, 6.45) is 5.65. The molecule has 2 nitrogen and oxygen atoms in total. The Morgan fingerprint density at radius 2 is 1.95 bits per heavy atom. The van der Waals surface area contributed by atoms with Gasteiger partial charge in [0.2, 0.25) is 0 Å². The maximum Gasteiger partial charge on any atom is 0.0985 e. The van der Waals surface area contributed by atoms with Gasteiger partial charge in [0.05, 0.1) is 10.7 Å². The van der Waals surface area contributed by atoms with Crippen LogP contribution >= 0.6 is 11.3 Å². The summed E-state index contributed by atoms with van der Waals surface area (Å²) in [5.41, 5.74) is 1.37. The Hall–Kier alpha value is -0.410. The molecule has 1 heterocycles. The van der Waals surface area contributed by atoms with E-state index in [0.29, 0.717) is 6.04 Å². The molecule has 1 aliphatic carbocycles. The summed E-state index contributed by atoms with van der Waals surface area (Å²) >= 11 is 1.89. The van der Waals surface area contributed by atoms with E-state index in [1.54, 1.807) is 0 Å². The zero-order chi connectivity index (χ0) is 15.6. The van der Waals surface area contributed by atoms with Gasteiger partial charge in [-0.1, -0.05) is 47.0 Å². The van der Waals surface area contributed by atoms with Gasteiger partial charge in [-0.3, -0.25) is 0 Å². The van der Waals surface area contributed by atoms with Gasteiger partial charge >= 0.3 is 0 Å². The van der Waals surface area contributed by atoms with E-state index in [9.17, 15) is 0 Å². The normalized spacial score (nSPS) is 25.0. The van der Waals surface area contributed by atoms with Crippen molar-refractivity contribution in [1.82, 2.24) is 10.3 Å². The predicted octanol–water partition coefficient (Wildman–Crippen LogP) is 5.23. The smallest absolute Gasteiger partial charge is 0.0985 e. The van der Waals surface area contributed by atoms with E-state index in [4.69, 9.17) is 4.98 Å². The number of rotatable bonds is 4. The fraction of sp³-hybridized carbons (Fsp3) is 0.833. The summed E-state index contributed by atoms with van der Waals surface area (Å²) < 4.78 is 0. The number of nitrogens with one attached hydrogen (secondary N) is 1. The average molecular weight is 309 g/mol. The lowest BCUT2D eigenvalue weighted by Crippen LogP contribution is -2.31. The number of thiazole rings is 1. The maximum absolute atomic E-state index is 4.79. The van der Waals surface area contributed by atoms with Gasteiger partial charge in [0.15, 0.2) is 0 Å². The number of nitrogens with zero attached hydrogens (tertiary/aromatic N) is 1.